The van der Waals surface area contributed by atoms with E-state index in [0.29, 0.717) is 18.6 Å². The van der Waals surface area contributed by atoms with Gasteiger partial charge in [0.25, 0.3) is 14.2 Å². The minimum Gasteiger partial charge on any atom is -0.445 e. The minimum atomic E-state index is -2.78. The molecule has 1 unspecified atom stereocenters. The van der Waals surface area contributed by atoms with E-state index in [1.54, 1.807) is 24.3 Å². The van der Waals surface area contributed by atoms with Crippen LogP contribution >= 0.6 is 23.5 Å². The van der Waals surface area contributed by atoms with Crippen LogP contribution in [0.5, 0.6) is 0 Å². The molecule has 0 radical (unpaired) electrons. The SMILES string of the molecule is CC(C)(C)[Si](OC[C@@H]1SC(SCc2ccccc2)C[C@H]1OC(=O)NC(=O)c1ccccc1)(c1ccccc1)c1ccccc1. The number of rotatable bonds is 10. The van der Waals surface area contributed by atoms with Gasteiger partial charge in [-0.15, -0.1) is 23.5 Å². The molecule has 228 valence electrons. The Hall–Kier alpha value is -3.30. The van der Waals surface area contributed by atoms with Crippen molar-refractivity contribution in [2.24, 2.45) is 0 Å². The van der Waals surface area contributed by atoms with E-state index in [2.05, 4.69) is 98.9 Å². The van der Waals surface area contributed by atoms with Crippen molar-refractivity contribution in [3.05, 3.63) is 132 Å². The number of nitrogens with one attached hydrogen (secondary N) is 1. The Morgan fingerprint density at radius 1 is 0.818 bits per heavy atom. The Labute approximate surface area is 270 Å². The van der Waals surface area contributed by atoms with Gasteiger partial charge in [0.15, 0.2) is 0 Å². The highest BCUT2D eigenvalue weighted by Gasteiger charge is 2.51. The van der Waals surface area contributed by atoms with E-state index in [1.165, 1.54) is 15.9 Å². The van der Waals surface area contributed by atoms with E-state index < -0.39 is 26.4 Å². The van der Waals surface area contributed by atoms with Crippen molar-refractivity contribution < 1.29 is 18.8 Å². The third kappa shape index (κ3) is 7.67. The van der Waals surface area contributed by atoms with E-state index in [0.717, 1.165) is 5.75 Å². The second-order valence-corrected chi connectivity index (χ2v) is 19.1. The Morgan fingerprint density at radius 3 is 1.89 bits per heavy atom. The summed E-state index contributed by atoms with van der Waals surface area (Å²) in [7, 11) is -2.78. The summed E-state index contributed by atoms with van der Waals surface area (Å²) < 4.78 is 13.5. The lowest BCUT2D eigenvalue weighted by atomic mass is 10.2. The average Bonchev–Trinajstić information content (AvgIpc) is 3.42. The maximum absolute atomic E-state index is 13.0. The molecule has 1 fully saturated rings. The average molecular weight is 642 g/mol. The van der Waals surface area contributed by atoms with Crippen molar-refractivity contribution in [3.63, 3.8) is 0 Å². The van der Waals surface area contributed by atoms with Crippen molar-refractivity contribution in [2.45, 2.75) is 53.9 Å². The van der Waals surface area contributed by atoms with Crippen LogP contribution in [-0.4, -0.2) is 42.9 Å². The van der Waals surface area contributed by atoms with Crippen molar-refractivity contribution in [1.29, 1.82) is 0 Å². The summed E-state index contributed by atoms with van der Waals surface area (Å²) in [5.41, 5.74) is 1.67. The lowest BCUT2D eigenvalue weighted by Gasteiger charge is -2.43. The van der Waals surface area contributed by atoms with E-state index in [1.807, 2.05) is 47.8 Å². The Balaban J connectivity index is 1.38. The molecular weight excluding hydrogens is 603 g/mol. The van der Waals surface area contributed by atoms with Crippen LogP contribution in [0.3, 0.4) is 0 Å². The summed E-state index contributed by atoms with van der Waals surface area (Å²) in [5.74, 6) is 0.392. The first-order valence-corrected chi connectivity index (χ1v) is 18.8. The zero-order valence-electron chi connectivity index (χ0n) is 25.3. The number of amides is 2. The highest BCUT2D eigenvalue weighted by Crippen LogP contribution is 2.44. The molecule has 0 aromatic heterocycles. The summed E-state index contributed by atoms with van der Waals surface area (Å²) in [6, 6.07) is 40.2. The van der Waals surface area contributed by atoms with E-state index in [9.17, 15) is 9.59 Å². The molecule has 1 aliphatic rings. The summed E-state index contributed by atoms with van der Waals surface area (Å²) >= 11 is 3.66. The molecule has 0 saturated carbocycles. The first-order valence-electron chi connectivity index (χ1n) is 14.9. The van der Waals surface area contributed by atoms with Gasteiger partial charge in [0.05, 0.1) is 16.4 Å². The highest BCUT2D eigenvalue weighted by molar-refractivity contribution is 8.17. The molecule has 2 amide bonds. The van der Waals surface area contributed by atoms with Crippen LogP contribution in [0.1, 0.15) is 43.1 Å². The normalized spacial score (nSPS) is 18.5. The predicted molar refractivity (Wildman–Crippen MR) is 185 cm³/mol. The largest absolute Gasteiger partial charge is 0.445 e. The number of hydrogen-bond acceptors (Lipinski definition) is 6. The smallest absolute Gasteiger partial charge is 0.414 e. The van der Waals surface area contributed by atoms with Crippen LogP contribution in [0, 0.1) is 0 Å². The molecular formula is C36H39NO4S2Si. The number of alkyl carbamates (subject to hydrolysis) is 1. The lowest BCUT2D eigenvalue weighted by molar-refractivity contribution is 0.0777. The zero-order valence-corrected chi connectivity index (χ0v) is 28.0. The maximum atomic E-state index is 13.0. The molecule has 5 nitrogen and oxygen atoms in total. The number of thioether (sulfide) groups is 2. The Morgan fingerprint density at radius 2 is 1.34 bits per heavy atom. The van der Waals surface area contributed by atoms with Gasteiger partial charge in [0.2, 0.25) is 0 Å². The monoisotopic (exact) mass is 641 g/mol. The summed E-state index contributed by atoms with van der Waals surface area (Å²) in [6.45, 7) is 7.20. The number of ether oxygens (including phenoxy) is 1. The Kier molecular flexibility index (Phi) is 10.7. The summed E-state index contributed by atoms with van der Waals surface area (Å²) in [4.78, 5) is 25.7. The van der Waals surface area contributed by atoms with E-state index >= 15 is 0 Å². The molecule has 1 saturated heterocycles. The van der Waals surface area contributed by atoms with Gasteiger partial charge >= 0.3 is 6.09 Å². The molecule has 4 aromatic carbocycles. The molecule has 0 spiro atoms. The van der Waals surface area contributed by atoms with Crippen molar-refractivity contribution >= 4 is 54.2 Å². The van der Waals surface area contributed by atoms with Crippen LogP contribution < -0.4 is 15.7 Å². The van der Waals surface area contributed by atoms with Crippen LogP contribution in [0.4, 0.5) is 4.79 Å². The van der Waals surface area contributed by atoms with Crippen LogP contribution in [0.15, 0.2) is 121 Å². The van der Waals surface area contributed by atoms with Crippen molar-refractivity contribution in [3.8, 4) is 0 Å². The van der Waals surface area contributed by atoms with Gasteiger partial charge in [0.1, 0.15) is 6.10 Å². The quantitative estimate of drug-likeness (QED) is 0.184. The van der Waals surface area contributed by atoms with Crippen molar-refractivity contribution in [2.75, 3.05) is 6.61 Å². The second kappa shape index (κ2) is 14.7. The van der Waals surface area contributed by atoms with Gasteiger partial charge in [-0.2, -0.15) is 0 Å². The molecule has 8 heteroatoms. The molecule has 1 N–H and O–H groups in total. The van der Waals surface area contributed by atoms with Gasteiger partial charge < -0.3 is 9.16 Å². The van der Waals surface area contributed by atoms with Gasteiger partial charge in [-0.1, -0.05) is 130 Å². The molecule has 0 bridgehead atoms. The Bertz CT molecular complexity index is 1460. The van der Waals surface area contributed by atoms with Crippen LogP contribution in [-0.2, 0) is 14.9 Å². The summed E-state index contributed by atoms with van der Waals surface area (Å²) in [6.07, 6.45) is -0.465. The minimum absolute atomic E-state index is 0.0949. The third-order valence-electron chi connectivity index (χ3n) is 7.84. The first kappa shape index (κ1) is 32.1. The fraction of sp³-hybridized carbons (Fsp3) is 0.278. The lowest BCUT2D eigenvalue weighted by Crippen LogP contribution is -2.67. The summed E-state index contributed by atoms with van der Waals surface area (Å²) in [5, 5.41) is 4.57. The van der Waals surface area contributed by atoms with Gasteiger partial charge in [-0.25, -0.2) is 4.79 Å². The molecule has 44 heavy (non-hydrogen) atoms. The molecule has 1 aliphatic heterocycles. The fourth-order valence-electron chi connectivity index (χ4n) is 5.71. The molecule has 0 aliphatic carbocycles. The van der Waals surface area contributed by atoms with Gasteiger partial charge in [-0.3, -0.25) is 10.1 Å². The topological polar surface area (TPSA) is 64.6 Å². The molecule has 3 atom stereocenters. The van der Waals surface area contributed by atoms with E-state index in [4.69, 9.17) is 9.16 Å². The number of carbonyl (C=O) groups is 2. The molecule has 4 aromatic rings. The standard InChI is InChI=1S/C36H39NO4S2Si/c1-36(2,3)44(29-20-12-6-13-21-29,30-22-14-7-15-23-30)40-25-32-31(24-33(43-32)42-26-27-16-8-4-9-17-27)41-35(39)37-34(38)28-18-10-5-11-19-28/h4-23,31-33H,24-26H2,1-3H3,(H,37,38,39)/t31-,32+,33?/m1/s1. The van der Waals surface area contributed by atoms with Crippen LogP contribution in [0.2, 0.25) is 5.04 Å². The number of carbonyl (C=O) groups excluding carboxylic acids is 2. The van der Waals surface area contributed by atoms with Crippen LogP contribution in [0.25, 0.3) is 0 Å². The molecule has 5 rings (SSSR count). The van der Waals surface area contributed by atoms with Crippen molar-refractivity contribution in [1.82, 2.24) is 5.32 Å². The third-order valence-corrected chi connectivity index (χ3v) is 15.9. The fourth-order valence-corrected chi connectivity index (χ4v) is 13.4. The van der Waals surface area contributed by atoms with Gasteiger partial charge in [0, 0.05) is 17.7 Å². The molecule has 1 heterocycles. The first-order chi connectivity index (χ1) is 21.3. The number of imide groups is 1. The van der Waals surface area contributed by atoms with Gasteiger partial charge in [-0.05, 0) is 33.1 Å². The number of hydrogen-bond donors (Lipinski definition) is 1. The predicted octanol–water partition coefficient (Wildman–Crippen LogP) is 7.26. The maximum Gasteiger partial charge on any atom is 0.414 e. The number of benzene rings is 4. The highest BCUT2D eigenvalue weighted by atomic mass is 32.2. The zero-order chi connectivity index (χ0) is 31.0. The van der Waals surface area contributed by atoms with E-state index in [-0.39, 0.29) is 14.9 Å². The second-order valence-electron chi connectivity index (χ2n) is 11.9.